The Labute approximate surface area is 114 Å². The molecule has 0 bridgehead atoms. The van der Waals surface area contributed by atoms with Gasteiger partial charge in [-0.3, -0.25) is 9.59 Å². The van der Waals surface area contributed by atoms with Crippen molar-refractivity contribution >= 4 is 29.2 Å². The number of anilines is 1. The number of hydrogen-bond donors (Lipinski definition) is 1. The van der Waals surface area contributed by atoms with Gasteiger partial charge < -0.3 is 19.5 Å². The van der Waals surface area contributed by atoms with Crippen LogP contribution in [0.5, 0.6) is 11.5 Å². The van der Waals surface area contributed by atoms with Gasteiger partial charge >= 0.3 is 5.97 Å². The lowest BCUT2D eigenvalue weighted by atomic mass is 10.2. The van der Waals surface area contributed by atoms with Crippen LogP contribution in [0.1, 0.15) is 6.42 Å². The molecule has 19 heavy (non-hydrogen) atoms. The molecule has 6 nitrogen and oxygen atoms in total. The predicted molar refractivity (Wildman–Crippen MR) is 67.6 cm³/mol. The zero-order valence-electron chi connectivity index (χ0n) is 10.2. The molecule has 1 N–H and O–H groups in total. The highest BCUT2D eigenvalue weighted by atomic mass is 35.5. The number of nitrogens with zero attached hydrogens (tertiary/aromatic N) is 1. The molecule has 0 radical (unpaired) electrons. The lowest BCUT2D eigenvalue weighted by molar-refractivity contribution is -0.140. The summed E-state index contributed by atoms with van der Waals surface area (Å²) in [6.45, 7) is 0.0260. The van der Waals surface area contributed by atoms with Crippen LogP contribution in [0.25, 0.3) is 0 Å². The standard InChI is InChI=1S/C12H12ClNO5/c1-18-12(17)2-3-14-8-4-7(13)9(15)5-10(8)19-6-11(14)16/h4-5,15H,2-3,6H2,1H3. The van der Waals surface area contributed by atoms with Crippen molar-refractivity contribution in [1.82, 2.24) is 0 Å². The molecular weight excluding hydrogens is 274 g/mol. The number of hydrogen-bond acceptors (Lipinski definition) is 5. The van der Waals surface area contributed by atoms with Gasteiger partial charge in [0.1, 0.15) is 11.5 Å². The average molecular weight is 286 g/mol. The van der Waals surface area contributed by atoms with Gasteiger partial charge in [-0.1, -0.05) is 11.6 Å². The number of benzene rings is 1. The van der Waals surface area contributed by atoms with Gasteiger partial charge in [-0.25, -0.2) is 0 Å². The van der Waals surface area contributed by atoms with Gasteiger partial charge in [-0.15, -0.1) is 0 Å². The van der Waals surface area contributed by atoms with Gasteiger partial charge in [-0.2, -0.15) is 0 Å². The van der Waals surface area contributed by atoms with Crippen LogP contribution in [-0.4, -0.2) is 37.2 Å². The smallest absolute Gasteiger partial charge is 0.307 e. The Morgan fingerprint density at radius 3 is 3.00 bits per heavy atom. The minimum Gasteiger partial charge on any atom is -0.506 e. The van der Waals surface area contributed by atoms with E-state index in [4.69, 9.17) is 16.3 Å². The first-order valence-electron chi connectivity index (χ1n) is 5.55. The summed E-state index contributed by atoms with van der Waals surface area (Å²) in [5, 5.41) is 9.61. The number of halogens is 1. The van der Waals surface area contributed by atoms with E-state index in [0.29, 0.717) is 11.4 Å². The third-order valence-electron chi connectivity index (χ3n) is 2.74. The number of phenolic OH excluding ortho intramolecular Hbond substituents is 1. The van der Waals surface area contributed by atoms with Crippen molar-refractivity contribution in [3.05, 3.63) is 17.2 Å². The molecule has 2 rings (SSSR count). The van der Waals surface area contributed by atoms with Gasteiger partial charge in [0.05, 0.1) is 24.2 Å². The van der Waals surface area contributed by atoms with Crippen LogP contribution in [0, 0.1) is 0 Å². The molecule has 0 atom stereocenters. The van der Waals surface area contributed by atoms with E-state index < -0.39 is 5.97 Å². The van der Waals surface area contributed by atoms with Crippen molar-refractivity contribution in [1.29, 1.82) is 0 Å². The van der Waals surface area contributed by atoms with Crippen molar-refractivity contribution < 1.29 is 24.2 Å². The second-order valence-electron chi connectivity index (χ2n) is 3.93. The SMILES string of the molecule is COC(=O)CCN1C(=O)COc2cc(O)c(Cl)cc21. The maximum atomic E-state index is 11.8. The van der Waals surface area contributed by atoms with Gasteiger partial charge in [0.25, 0.3) is 5.91 Å². The van der Waals surface area contributed by atoms with E-state index in [9.17, 15) is 14.7 Å². The Hall–Kier alpha value is -1.95. The van der Waals surface area contributed by atoms with Gasteiger partial charge in [0, 0.05) is 12.6 Å². The van der Waals surface area contributed by atoms with Crippen molar-refractivity contribution in [2.75, 3.05) is 25.2 Å². The van der Waals surface area contributed by atoms with E-state index >= 15 is 0 Å². The number of fused-ring (bicyclic) bond motifs is 1. The molecule has 0 aromatic heterocycles. The van der Waals surface area contributed by atoms with Crippen LogP contribution in [0.3, 0.4) is 0 Å². The molecule has 0 saturated heterocycles. The molecule has 1 heterocycles. The zero-order chi connectivity index (χ0) is 14.0. The zero-order valence-corrected chi connectivity index (χ0v) is 10.9. The number of phenols is 1. The quantitative estimate of drug-likeness (QED) is 0.848. The van der Waals surface area contributed by atoms with Crippen LogP contribution < -0.4 is 9.64 Å². The first-order valence-corrected chi connectivity index (χ1v) is 5.93. The van der Waals surface area contributed by atoms with Gasteiger partial charge in [0.15, 0.2) is 6.61 Å². The molecule has 1 amide bonds. The number of rotatable bonds is 3. The van der Waals surface area contributed by atoms with Crippen LogP contribution in [0.15, 0.2) is 12.1 Å². The normalized spacial score (nSPS) is 13.8. The first-order chi connectivity index (χ1) is 9.02. The molecule has 1 aliphatic heterocycles. The summed E-state index contributed by atoms with van der Waals surface area (Å²) in [5.41, 5.74) is 0.433. The molecule has 102 valence electrons. The van der Waals surface area contributed by atoms with E-state index in [1.54, 1.807) is 0 Å². The Balaban J connectivity index is 2.27. The molecule has 0 saturated carbocycles. The molecule has 1 aromatic rings. The molecule has 1 aliphatic rings. The van der Waals surface area contributed by atoms with Gasteiger partial charge in [-0.05, 0) is 6.07 Å². The van der Waals surface area contributed by atoms with Crippen LogP contribution in [0.4, 0.5) is 5.69 Å². The van der Waals surface area contributed by atoms with E-state index in [1.165, 1.54) is 24.1 Å². The fraction of sp³-hybridized carbons (Fsp3) is 0.333. The Bertz CT molecular complexity index is 531. The number of carbonyl (C=O) groups excluding carboxylic acids is 2. The van der Waals surface area contributed by atoms with Crippen LogP contribution >= 0.6 is 11.6 Å². The summed E-state index contributed by atoms with van der Waals surface area (Å²) < 4.78 is 9.74. The fourth-order valence-electron chi connectivity index (χ4n) is 1.76. The monoisotopic (exact) mass is 285 g/mol. The number of carbonyl (C=O) groups is 2. The number of amides is 1. The summed E-state index contributed by atoms with van der Waals surface area (Å²) in [6.07, 6.45) is 0.0696. The first kappa shape index (κ1) is 13.5. The molecule has 7 heteroatoms. The minimum atomic E-state index is -0.411. The summed E-state index contributed by atoms with van der Waals surface area (Å²) in [4.78, 5) is 24.3. The molecule has 0 unspecified atom stereocenters. The largest absolute Gasteiger partial charge is 0.506 e. The highest BCUT2D eigenvalue weighted by molar-refractivity contribution is 6.32. The van der Waals surface area contributed by atoms with E-state index in [2.05, 4.69) is 4.74 Å². The summed E-state index contributed by atoms with van der Waals surface area (Å²) in [7, 11) is 1.28. The van der Waals surface area contributed by atoms with E-state index in [1.807, 2.05) is 0 Å². The van der Waals surface area contributed by atoms with Gasteiger partial charge in [0.2, 0.25) is 0 Å². The van der Waals surface area contributed by atoms with Crippen molar-refractivity contribution in [3.8, 4) is 11.5 Å². The predicted octanol–water partition coefficient (Wildman–Crippen LogP) is 1.33. The molecular formula is C12H12ClNO5. The lowest BCUT2D eigenvalue weighted by Gasteiger charge is -2.29. The fourth-order valence-corrected chi connectivity index (χ4v) is 1.92. The minimum absolute atomic E-state index is 0.0696. The van der Waals surface area contributed by atoms with Crippen molar-refractivity contribution in [3.63, 3.8) is 0 Å². The second-order valence-corrected chi connectivity index (χ2v) is 4.34. The maximum absolute atomic E-state index is 11.8. The molecule has 0 aliphatic carbocycles. The third kappa shape index (κ3) is 2.73. The highest BCUT2D eigenvalue weighted by Crippen LogP contribution is 2.39. The number of esters is 1. The Kier molecular flexibility index (Phi) is 3.80. The maximum Gasteiger partial charge on any atom is 0.307 e. The van der Waals surface area contributed by atoms with Crippen molar-refractivity contribution in [2.45, 2.75) is 6.42 Å². The average Bonchev–Trinajstić information content (AvgIpc) is 2.39. The second kappa shape index (κ2) is 5.36. The van der Waals surface area contributed by atoms with Crippen LogP contribution in [0.2, 0.25) is 5.02 Å². The van der Waals surface area contributed by atoms with Crippen molar-refractivity contribution in [2.24, 2.45) is 0 Å². The van der Waals surface area contributed by atoms with Crippen LogP contribution in [-0.2, 0) is 14.3 Å². The Morgan fingerprint density at radius 1 is 1.58 bits per heavy atom. The summed E-state index contributed by atoms with van der Waals surface area (Å²) >= 11 is 5.81. The number of methoxy groups -OCH3 is 1. The lowest BCUT2D eigenvalue weighted by Crippen LogP contribution is -2.40. The van der Waals surface area contributed by atoms with E-state index in [-0.39, 0.29) is 36.3 Å². The number of aromatic hydroxyl groups is 1. The van der Waals surface area contributed by atoms with E-state index in [0.717, 1.165) is 0 Å². The topological polar surface area (TPSA) is 76.1 Å². The highest BCUT2D eigenvalue weighted by Gasteiger charge is 2.27. The number of ether oxygens (including phenoxy) is 2. The third-order valence-corrected chi connectivity index (χ3v) is 3.04. The Morgan fingerprint density at radius 2 is 2.32 bits per heavy atom. The molecule has 1 aromatic carbocycles. The molecule has 0 fully saturated rings. The summed E-state index contributed by atoms with van der Waals surface area (Å²) in [5.74, 6) is -0.460. The summed E-state index contributed by atoms with van der Waals surface area (Å²) in [6, 6.07) is 2.77. The molecule has 0 spiro atoms.